The van der Waals surface area contributed by atoms with Gasteiger partial charge in [0, 0.05) is 13.6 Å². The molecule has 0 N–H and O–H groups in total. The van der Waals surface area contributed by atoms with Crippen molar-refractivity contribution in [3.63, 3.8) is 0 Å². The van der Waals surface area contributed by atoms with Crippen LogP contribution < -0.4 is 0 Å². The van der Waals surface area contributed by atoms with Crippen LogP contribution in [-0.4, -0.2) is 40.8 Å². The van der Waals surface area contributed by atoms with Gasteiger partial charge in [-0.3, -0.25) is 14.4 Å². The van der Waals surface area contributed by atoms with E-state index in [1.807, 2.05) is 11.7 Å². The second-order valence-electron chi connectivity index (χ2n) is 4.39. The van der Waals surface area contributed by atoms with Crippen LogP contribution >= 0.6 is 0 Å². The predicted octanol–water partition coefficient (Wildman–Crippen LogP) is 1.37. The molecule has 1 aromatic heterocycles. The summed E-state index contributed by atoms with van der Waals surface area (Å²) >= 11 is 0. The lowest BCUT2D eigenvalue weighted by atomic mass is 10.3. The van der Waals surface area contributed by atoms with Gasteiger partial charge in [0.2, 0.25) is 0 Å². The van der Waals surface area contributed by atoms with Crippen molar-refractivity contribution in [3.8, 4) is 0 Å². The Kier molecular flexibility index (Phi) is 5.85. The maximum absolute atomic E-state index is 11.3. The molecule has 0 spiro atoms. The highest BCUT2D eigenvalue weighted by Gasteiger charge is 2.13. The highest BCUT2D eigenvalue weighted by Crippen LogP contribution is 2.08. The molecule has 0 fully saturated rings. The molecule has 0 aliphatic heterocycles. The predicted molar refractivity (Wildman–Crippen MR) is 70.2 cm³/mol. The zero-order valence-corrected chi connectivity index (χ0v) is 11.8. The summed E-state index contributed by atoms with van der Waals surface area (Å²) in [5, 5.41) is 4.42. The van der Waals surface area contributed by atoms with Gasteiger partial charge in [0.15, 0.2) is 0 Å². The molecule has 0 aliphatic rings. The molecule has 5 nitrogen and oxygen atoms in total. The van der Waals surface area contributed by atoms with Crippen molar-refractivity contribution in [3.05, 3.63) is 17.5 Å². The van der Waals surface area contributed by atoms with E-state index in [9.17, 15) is 4.79 Å². The van der Waals surface area contributed by atoms with Gasteiger partial charge in [0.05, 0.1) is 25.0 Å². The lowest BCUT2D eigenvalue weighted by molar-refractivity contribution is -0.142. The minimum atomic E-state index is -0.193. The van der Waals surface area contributed by atoms with Crippen LogP contribution in [0.1, 0.15) is 31.7 Å². The Balaban J connectivity index is 2.69. The molecule has 0 unspecified atom stereocenters. The quantitative estimate of drug-likeness (QED) is 0.689. The molecule has 0 saturated heterocycles. The van der Waals surface area contributed by atoms with Crippen molar-refractivity contribution in [1.82, 2.24) is 14.7 Å². The van der Waals surface area contributed by atoms with E-state index >= 15 is 0 Å². The van der Waals surface area contributed by atoms with Crippen LogP contribution in [0.5, 0.6) is 0 Å². The van der Waals surface area contributed by atoms with Crippen molar-refractivity contribution < 1.29 is 9.53 Å². The Morgan fingerprint density at radius 2 is 2.22 bits per heavy atom. The zero-order chi connectivity index (χ0) is 13.5. The Morgan fingerprint density at radius 3 is 2.72 bits per heavy atom. The average molecular weight is 253 g/mol. The molecule has 1 heterocycles. The van der Waals surface area contributed by atoms with Crippen LogP contribution in [0.2, 0.25) is 0 Å². The smallest absolute Gasteiger partial charge is 0.319 e. The summed E-state index contributed by atoms with van der Waals surface area (Å²) in [4.78, 5) is 13.4. The maximum Gasteiger partial charge on any atom is 0.319 e. The molecule has 102 valence electrons. The number of hydrogen-bond donors (Lipinski definition) is 0. The van der Waals surface area contributed by atoms with E-state index in [4.69, 9.17) is 4.74 Å². The Labute approximate surface area is 109 Å². The molecular weight excluding hydrogens is 230 g/mol. The van der Waals surface area contributed by atoms with Crippen LogP contribution in [0.15, 0.2) is 6.07 Å². The number of carbonyl (C=O) groups is 1. The summed E-state index contributed by atoms with van der Waals surface area (Å²) in [6.07, 6.45) is 1.94. The third kappa shape index (κ3) is 4.14. The molecule has 1 aromatic rings. The van der Waals surface area contributed by atoms with Gasteiger partial charge < -0.3 is 4.74 Å². The van der Waals surface area contributed by atoms with E-state index in [1.54, 1.807) is 0 Å². The first-order chi connectivity index (χ1) is 8.60. The van der Waals surface area contributed by atoms with Gasteiger partial charge in [-0.15, -0.1) is 0 Å². The van der Waals surface area contributed by atoms with Gasteiger partial charge in [-0.1, -0.05) is 13.8 Å². The fourth-order valence-electron chi connectivity index (χ4n) is 1.90. The number of nitrogens with zero attached hydrogens (tertiary/aromatic N) is 3. The van der Waals surface area contributed by atoms with Crippen molar-refractivity contribution in [2.24, 2.45) is 7.05 Å². The van der Waals surface area contributed by atoms with Crippen molar-refractivity contribution in [2.75, 3.05) is 20.2 Å². The van der Waals surface area contributed by atoms with E-state index in [2.05, 4.69) is 29.9 Å². The standard InChI is InChI=1S/C13H23N3O2/c1-5-7-16(10-13(17)18-4)9-12-8-11(6-2)14-15(12)3/h8H,5-7,9-10H2,1-4H3. The molecule has 0 aliphatic carbocycles. The number of hydrogen-bond acceptors (Lipinski definition) is 4. The van der Waals surface area contributed by atoms with Crippen LogP contribution in [0.4, 0.5) is 0 Å². The monoisotopic (exact) mass is 253 g/mol. The molecule has 0 aromatic carbocycles. The maximum atomic E-state index is 11.3. The number of aryl methyl sites for hydroxylation is 2. The normalized spacial score (nSPS) is 10.9. The van der Waals surface area contributed by atoms with Crippen molar-refractivity contribution in [2.45, 2.75) is 33.2 Å². The third-order valence-electron chi connectivity index (χ3n) is 2.90. The minimum absolute atomic E-state index is 0.193. The molecule has 5 heteroatoms. The van der Waals surface area contributed by atoms with E-state index in [0.717, 1.165) is 37.3 Å². The van der Waals surface area contributed by atoms with E-state index in [-0.39, 0.29) is 5.97 Å². The molecule has 18 heavy (non-hydrogen) atoms. The van der Waals surface area contributed by atoms with Gasteiger partial charge >= 0.3 is 5.97 Å². The fourth-order valence-corrected chi connectivity index (χ4v) is 1.90. The number of esters is 1. The number of methoxy groups -OCH3 is 1. The number of ether oxygens (including phenoxy) is 1. The van der Waals surface area contributed by atoms with E-state index < -0.39 is 0 Å². The summed E-state index contributed by atoms with van der Waals surface area (Å²) in [6, 6.07) is 2.10. The highest BCUT2D eigenvalue weighted by atomic mass is 16.5. The largest absolute Gasteiger partial charge is 0.468 e. The molecular formula is C13H23N3O2. The lowest BCUT2D eigenvalue weighted by Gasteiger charge is -2.20. The lowest BCUT2D eigenvalue weighted by Crippen LogP contribution is -2.31. The van der Waals surface area contributed by atoms with Crippen LogP contribution in [0, 0.1) is 0 Å². The summed E-state index contributed by atoms with van der Waals surface area (Å²) in [7, 11) is 3.36. The first kappa shape index (κ1) is 14.7. The summed E-state index contributed by atoms with van der Waals surface area (Å²) in [6.45, 7) is 6.13. The first-order valence-electron chi connectivity index (χ1n) is 6.41. The number of carbonyl (C=O) groups excluding carboxylic acids is 1. The van der Waals surface area contributed by atoms with Gasteiger partial charge in [0.1, 0.15) is 0 Å². The molecule has 0 atom stereocenters. The first-order valence-corrected chi connectivity index (χ1v) is 6.41. The molecule has 0 saturated carbocycles. The van der Waals surface area contributed by atoms with Gasteiger partial charge in [0.25, 0.3) is 0 Å². The second kappa shape index (κ2) is 7.16. The molecule has 1 rings (SSSR count). The van der Waals surface area contributed by atoms with Crippen LogP contribution in [0.25, 0.3) is 0 Å². The van der Waals surface area contributed by atoms with Crippen LogP contribution in [-0.2, 0) is 29.5 Å². The summed E-state index contributed by atoms with van der Waals surface area (Å²) in [5.41, 5.74) is 2.21. The summed E-state index contributed by atoms with van der Waals surface area (Å²) < 4.78 is 6.61. The average Bonchev–Trinajstić information content (AvgIpc) is 2.70. The van der Waals surface area contributed by atoms with E-state index in [1.165, 1.54) is 7.11 Å². The fraction of sp³-hybridized carbons (Fsp3) is 0.692. The van der Waals surface area contributed by atoms with Crippen molar-refractivity contribution >= 4 is 5.97 Å². The number of rotatable bonds is 7. The Bertz CT molecular complexity index is 388. The number of aromatic nitrogens is 2. The molecule has 0 radical (unpaired) electrons. The van der Waals surface area contributed by atoms with Gasteiger partial charge in [-0.2, -0.15) is 5.10 Å². The molecule has 0 bridgehead atoms. The van der Waals surface area contributed by atoms with Crippen molar-refractivity contribution in [1.29, 1.82) is 0 Å². The topological polar surface area (TPSA) is 47.4 Å². The third-order valence-corrected chi connectivity index (χ3v) is 2.90. The van der Waals surface area contributed by atoms with E-state index in [0.29, 0.717) is 6.54 Å². The molecule has 0 amide bonds. The minimum Gasteiger partial charge on any atom is -0.468 e. The Morgan fingerprint density at radius 1 is 1.50 bits per heavy atom. The second-order valence-corrected chi connectivity index (χ2v) is 4.39. The van der Waals surface area contributed by atoms with Gasteiger partial charge in [-0.25, -0.2) is 0 Å². The summed E-state index contributed by atoms with van der Waals surface area (Å²) in [5.74, 6) is -0.193. The Hall–Kier alpha value is -1.36. The van der Waals surface area contributed by atoms with Gasteiger partial charge in [-0.05, 0) is 25.5 Å². The zero-order valence-electron chi connectivity index (χ0n) is 11.8. The SMILES string of the molecule is CCCN(CC(=O)OC)Cc1cc(CC)nn1C. The van der Waals surface area contributed by atoms with Crippen LogP contribution in [0.3, 0.4) is 0 Å². The highest BCUT2D eigenvalue weighted by molar-refractivity contribution is 5.71.